The maximum atomic E-state index is 13.2. The number of halogens is 2. The van der Waals surface area contributed by atoms with Gasteiger partial charge in [-0.15, -0.1) is 0 Å². The van der Waals surface area contributed by atoms with Gasteiger partial charge < -0.3 is 37.1 Å². The van der Waals surface area contributed by atoms with E-state index in [-0.39, 0.29) is 47.5 Å². The highest BCUT2D eigenvalue weighted by Crippen LogP contribution is 2.50. The van der Waals surface area contributed by atoms with Gasteiger partial charge in [0.25, 0.3) is 0 Å². The number of aromatic nitrogens is 8. The summed E-state index contributed by atoms with van der Waals surface area (Å²) in [6.07, 6.45) is 18.2. The van der Waals surface area contributed by atoms with Gasteiger partial charge in [0.2, 0.25) is 63.9 Å². The lowest BCUT2D eigenvalue weighted by Crippen LogP contribution is -2.56. The van der Waals surface area contributed by atoms with Crippen molar-refractivity contribution in [3.8, 4) is 17.2 Å². The SMILES string of the molecule is CN1C(N)=N[C@]2(C)c3cc(CC(=O)c4ccc(OC(F)F)cn4)ccc3CCC[C@H]2S1(=O)=O.Cc1cnc2c(Cc3ccc4c(c3)[C@@]3(C)N=C(N)N(C)S(=O)(=O)[C@H]3CCC4)nccc2n1.Cc1cnc2c(Cc3ccc4c(c3)[C@@]3(C)N=C(N)N(C)S(=O)(=O)[C@H]3CCO4)ccnc2c1.Cc1cnc2c(Cc3ccc4c(c3)[C@@]3(C)N=C(N)N(C)S(=O)(=O)[C@H]3CCO4)nccc2c1. The molecule has 0 saturated heterocycles. The number of guanidine groups is 4. The average molecular weight is 1830 g/mol. The summed E-state index contributed by atoms with van der Waals surface area (Å²) in [6, 6.07) is 36.0. The first-order chi connectivity index (χ1) is 61.1. The fourth-order valence-corrected chi connectivity index (χ4v) is 26.4. The van der Waals surface area contributed by atoms with Crippen molar-refractivity contribution in [1.82, 2.24) is 57.1 Å². The summed E-state index contributed by atoms with van der Waals surface area (Å²) in [7, 11) is -8.85. The van der Waals surface area contributed by atoms with Crippen molar-refractivity contribution >= 4 is 103 Å². The van der Waals surface area contributed by atoms with Gasteiger partial charge in [0.05, 0.1) is 58.6 Å². The molecule has 19 rings (SSSR count). The molecular formula is C91H100F2N20O12S4. The third-order valence-electron chi connectivity index (χ3n) is 25.9. The fourth-order valence-electron chi connectivity index (χ4n) is 18.9. The zero-order valence-corrected chi connectivity index (χ0v) is 76.3. The quantitative estimate of drug-likeness (QED) is 0.0874. The van der Waals surface area contributed by atoms with Crippen LogP contribution in [0.4, 0.5) is 8.78 Å². The molecule has 38 heteroatoms. The summed E-state index contributed by atoms with van der Waals surface area (Å²) in [5.41, 5.74) is 38.9. The minimum Gasteiger partial charge on any atom is -0.493 e. The van der Waals surface area contributed by atoms with E-state index in [1.807, 2.05) is 133 Å². The Hall–Kier alpha value is -12.6. The molecule has 8 atom stereocenters. The van der Waals surface area contributed by atoms with Gasteiger partial charge in [0.15, 0.2) is 5.78 Å². The molecule has 0 saturated carbocycles. The fraction of sp³-hybridized carbons (Fsp3) is 0.374. The van der Waals surface area contributed by atoms with E-state index in [0.29, 0.717) is 88.1 Å². The summed E-state index contributed by atoms with van der Waals surface area (Å²) < 4.78 is 150. The number of pyridine rings is 6. The predicted octanol–water partition coefficient (Wildman–Crippen LogP) is 10.0. The maximum Gasteiger partial charge on any atom is 0.387 e. The number of aliphatic imine (C=N–C) groups is 4. The van der Waals surface area contributed by atoms with Gasteiger partial charge >= 0.3 is 6.61 Å². The standard InChI is InChI=1S/C23H26N6O2S.2C23H25N5O3S.C22H24F2N4O4S/c1-14-13-26-21-18(27-14)9-10-25-19(21)12-15-7-8-16-5-4-6-20-23(2,17(16)11-15)28-22(24)29(3)32(20,30)31;1-14-10-18-21(26-13-14)16(6-8-25-18)11-15-4-5-19-17(12-15)23(2)20(7-9-31-19)32(29,30)28(3)22(24)27-23;1-14-10-16-6-8-25-18(21(16)26-13-14)12-15-4-5-19-17(11-15)23(2)20(7-9-31-19)32(29,30)28(3)22(24)27-23;1-22-16-10-13(11-18(29)17-9-8-15(12-26-17)32-20(23)24)6-7-14(16)4-3-5-19(22)33(30,31)28(2)21(25)27-22/h7-11,13,20H,4-6,12H2,1-3H3,(H2,24,28);4-6,8,10,12-13,20H,7,9,11H2,1-3H3,(H2,24,27);4-6,8,10-11,13,20H,7,9,12H2,1-3H3,(H2,24,27);6-10,12,19-20H,3-5,11H2,1-2H3,(H2,25,27)/t3*20-,23+;19-,22-/m0001/s1. The topological polar surface area (TPSA) is 451 Å². The highest BCUT2D eigenvalue weighted by molar-refractivity contribution is 7.91. The van der Waals surface area contributed by atoms with Crippen molar-refractivity contribution < 1.29 is 61.5 Å². The average Bonchev–Trinajstić information content (AvgIpc) is 1.73. The van der Waals surface area contributed by atoms with Crippen LogP contribution in [0.3, 0.4) is 0 Å². The zero-order chi connectivity index (χ0) is 92.0. The van der Waals surface area contributed by atoms with Gasteiger partial charge in [0, 0.05) is 114 Å². The number of fused-ring (bicyclic) bond motifs is 15. The Balaban J connectivity index is 0.000000126. The lowest BCUT2D eigenvalue weighted by molar-refractivity contribution is -0.0501. The van der Waals surface area contributed by atoms with Crippen LogP contribution in [0.5, 0.6) is 17.2 Å². The van der Waals surface area contributed by atoms with Crippen LogP contribution in [0, 0.1) is 20.8 Å². The molecule has 0 unspecified atom stereocenters. The van der Waals surface area contributed by atoms with Crippen molar-refractivity contribution in [3.63, 3.8) is 0 Å². The number of carbonyl (C=O) groups excluding carboxylic acids is 1. The Labute approximate surface area is 747 Å². The molecule has 11 aromatic rings. The Morgan fingerprint density at radius 3 is 1.40 bits per heavy atom. The molecule has 7 aromatic heterocycles. The van der Waals surface area contributed by atoms with Crippen molar-refractivity contribution in [2.75, 3.05) is 41.4 Å². The highest BCUT2D eigenvalue weighted by Gasteiger charge is 2.56. The molecule has 674 valence electrons. The van der Waals surface area contributed by atoms with Crippen LogP contribution >= 0.6 is 0 Å². The number of rotatable bonds is 11. The number of benzene rings is 4. The molecule has 13 heterocycles. The number of hydrogen-bond acceptors (Lipinski definition) is 28. The highest BCUT2D eigenvalue weighted by atomic mass is 32.2. The summed E-state index contributed by atoms with van der Waals surface area (Å²) in [6.45, 7) is 10.9. The number of Topliss-reactive ketones (excluding diaryl/α,β-unsaturated/α-hetero) is 1. The Kier molecular flexibility index (Phi) is 23.8. The van der Waals surface area contributed by atoms with Gasteiger partial charge in [0.1, 0.15) is 71.6 Å². The van der Waals surface area contributed by atoms with E-state index in [1.54, 1.807) is 31.7 Å². The molecule has 8 aliphatic rings. The Morgan fingerprint density at radius 2 is 0.891 bits per heavy atom. The summed E-state index contributed by atoms with van der Waals surface area (Å²) in [5, 5.41) is -1.88. The normalized spacial score (nSPS) is 24.1. The number of nitrogens with zero attached hydrogens (tertiary/aromatic N) is 16. The molecule has 4 aromatic carbocycles. The monoisotopic (exact) mass is 1830 g/mol. The molecule has 0 fully saturated rings. The number of sulfonamides is 4. The second kappa shape index (κ2) is 34.1. The van der Waals surface area contributed by atoms with E-state index < -0.39 is 89.9 Å². The number of ketones is 1. The molecule has 0 spiro atoms. The number of nitrogens with two attached hydrogens (primary N) is 4. The number of alkyl halides is 2. The number of ether oxygens (including phenoxy) is 3. The third kappa shape index (κ3) is 16.7. The van der Waals surface area contributed by atoms with Crippen LogP contribution in [0.25, 0.3) is 33.0 Å². The minimum absolute atomic E-state index is 0.00191. The van der Waals surface area contributed by atoms with Crippen molar-refractivity contribution in [2.45, 2.75) is 175 Å². The van der Waals surface area contributed by atoms with Gasteiger partial charge in [-0.3, -0.25) is 34.7 Å². The third-order valence-corrected chi connectivity index (χ3v) is 35.3. The summed E-state index contributed by atoms with van der Waals surface area (Å²) in [5.74, 6) is 0.760. The van der Waals surface area contributed by atoms with Gasteiger partial charge in [-0.25, -0.2) is 80.8 Å². The van der Waals surface area contributed by atoms with Crippen LogP contribution in [0.2, 0.25) is 0 Å². The van der Waals surface area contributed by atoms with Crippen molar-refractivity contribution in [2.24, 2.45) is 42.9 Å². The molecule has 8 N–H and O–H groups in total. The lowest BCUT2D eigenvalue weighted by Gasteiger charge is -2.41. The van der Waals surface area contributed by atoms with E-state index in [4.69, 9.17) is 37.4 Å². The molecule has 129 heavy (non-hydrogen) atoms. The second-order valence-corrected chi connectivity index (χ2v) is 43.0. The molecule has 32 nitrogen and oxygen atoms in total. The first kappa shape index (κ1) is 89.8. The zero-order valence-electron chi connectivity index (χ0n) is 73.1. The van der Waals surface area contributed by atoms with Crippen LogP contribution in [0.1, 0.15) is 166 Å². The number of hydrogen-bond donors (Lipinski definition) is 4. The first-order valence-corrected chi connectivity index (χ1v) is 48.1. The Bertz CT molecular complexity index is 6480. The predicted molar refractivity (Wildman–Crippen MR) is 488 cm³/mol. The number of carbonyl (C=O) groups is 1. The van der Waals surface area contributed by atoms with Gasteiger partial charge in [-0.05, 0) is 221 Å². The maximum absolute atomic E-state index is 13.2. The lowest BCUT2D eigenvalue weighted by atomic mass is 9.84. The van der Waals surface area contributed by atoms with E-state index in [0.717, 1.165) is 153 Å². The largest absolute Gasteiger partial charge is 0.493 e. The van der Waals surface area contributed by atoms with E-state index in [9.17, 15) is 47.2 Å². The van der Waals surface area contributed by atoms with Crippen LogP contribution in [-0.2, 0) is 101 Å². The summed E-state index contributed by atoms with van der Waals surface area (Å²) >= 11 is 0. The molecule has 0 radical (unpaired) electrons. The molecule has 2 aliphatic carbocycles. The van der Waals surface area contributed by atoms with Crippen LogP contribution in [-0.4, -0.2) is 189 Å². The molecule has 0 amide bonds. The molecular weight excluding hydrogens is 1730 g/mol. The van der Waals surface area contributed by atoms with E-state index >= 15 is 0 Å². The minimum atomic E-state index is -3.69. The van der Waals surface area contributed by atoms with Gasteiger partial charge in [-0.2, -0.15) is 8.78 Å². The molecule has 6 aliphatic heterocycles. The smallest absolute Gasteiger partial charge is 0.387 e. The van der Waals surface area contributed by atoms with Crippen molar-refractivity contribution in [3.05, 3.63) is 254 Å². The van der Waals surface area contributed by atoms with Gasteiger partial charge in [-0.1, -0.05) is 48.5 Å². The second-order valence-electron chi connectivity index (χ2n) is 34.4. The van der Waals surface area contributed by atoms with Crippen molar-refractivity contribution in [1.29, 1.82) is 0 Å². The first-order valence-electron chi connectivity index (χ1n) is 42.1. The number of aryl methyl sites for hydroxylation is 5. The van der Waals surface area contributed by atoms with Crippen LogP contribution < -0.4 is 37.1 Å². The van der Waals surface area contributed by atoms with Crippen LogP contribution in [0.15, 0.2) is 179 Å². The van der Waals surface area contributed by atoms with E-state index in [1.165, 1.54) is 40.3 Å². The summed E-state index contributed by atoms with van der Waals surface area (Å²) in [4.78, 5) is 67.1. The van der Waals surface area contributed by atoms with E-state index in [2.05, 4.69) is 83.9 Å². The molecule has 0 bridgehead atoms. The Morgan fingerprint density at radius 1 is 0.457 bits per heavy atom.